The van der Waals surface area contributed by atoms with Gasteiger partial charge in [-0.2, -0.15) is 5.10 Å². The molecule has 3 aromatic rings. The maximum absolute atomic E-state index is 12.8. The number of hydrogen-bond acceptors (Lipinski definition) is 3. The highest BCUT2D eigenvalue weighted by Gasteiger charge is 2.27. The lowest BCUT2D eigenvalue weighted by molar-refractivity contribution is 0.0533. The van der Waals surface area contributed by atoms with Crippen LogP contribution in [0.1, 0.15) is 20.8 Å². The highest BCUT2D eigenvalue weighted by molar-refractivity contribution is 6.04. The van der Waals surface area contributed by atoms with Gasteiger partial charge in [-0.15, -0.1) is 0 Å². The van der Waals surface area contributed by atoms with Crippen molar-refractivity contribution in [3.05, 3.63) is 65.9 Å². The van der Waals surface area contributed by atoms with E-state index in [4.69, 9.17) is 0 Å². The summed E-state index contributed by atoms with van der Waals surface area (Å²) in [4.78, 5) is 28.8. The Balaban J connectivity index is 1.45. The van der Waals surface area contributed by atoms with Crippen molar-refractivity contribution >= 4 is 22.7 Å². The molecular formula is C19H18N4O2. The lowest BCUT2D eigenvalue weighted by Gasteiger charge is -2.34. The van der Waals surface area contributed by atoms with Gasteiger partial charge in [-0.05, 0) is 18.2 Å². The summed E-state index contributed by atoms with van der Waals surface area (Å²) in [6, 6.07) is 16.8. The first-order chi connectivity index (χ1) is 12.2. The van der Waals surface area contributed by atoms with Crippen LogP contribution >= 0.6 is 0 Å². The predicted octanol–water partition coefficient (Wildman–Crippen LogP) is 2.16. The van der Waals surface area contributed by atoms with Crippen molar-refractivity contribution in [2.75, 3.05) is 26.2 Å². The molecule has 2 amide bonds. The number of amides is 2. The van der Waals surface area contributed by atoms with Gasteiger partial charge in [0.15, 0.2) is 5.69 Å². The van der Waals surface area contributed by atoms with Crippen molar-refractivity contribution in [2.45, 2.75) is 0 Å². The van der Waals surface area contributed by atoms with E-state index in [1.165, 1.54) is 0 Å². The second-order valence-electron chi connectivity index (χ2n) is 6.07. The van der Waals surface area contributed by atoms with Crippen LogP contribution in [-0.2, 0) is 0 Å². The highest BCUT2D eigenvalue weighted by Crippen LogP contribution is 2.18. The van der Waals surface area contributed by atoms with Gasteiger partial charge in [0, 0.05) is 37.1 Å². The van der Waals surface area contributed by atoms with Crippen LogP contribution in [0.5, 0.6) is 0 Å². The molecule has 25 heavy (non-hydrogen) atoms. The summed E-state index contributed by atoms with van der Waals surface area (Å²) < 4.78 is 0. The monoisotopic (exact) mass is 334 g/mol. The third-order valence-corrected chi connectivity index (χ3v) is 4.55. The number of carbonyl (C=O) groups excluding carboxylic acids is 2. The van der Waals surface area contributed by atoms with Gasteiger partial charge in [0.25, 0.3) is 11.8 Å². The fourth-order valence-corrected chi connectivity index (χ4v) is 3.15. The quantitative estimate of drug-likeness (QED) is 0.781. The van der Waals surface area contributed by atoms with Crippen LogP contribution in [0.2, 0.25) is 0 Å². The third-order valence-electron chi connectivity index (χ3n) is 4.55. The molecule has 0 saturated carbocycles. The van der Waals surface area contributed by atoms with Crippen LogP contribution in [-0.4, -0.2) is 58.0 Å². The predicted molar refractivity (Wildman–Crippen MR) is 94.3 cm³/mol. The molecule has 1 aliphatic heterocycles. The SMILES string of the molecule is O=C(c1ccccc1)N1CCN(C(=O)c2n[nH]c3ccccc23)CC1. The topological polar surface area (TPSA) is 69.3 Å². The number of hydrogen-bond donors (Lipinski definition) is 1. The van der Waals surface area contributed by atoms with Gasteiger partial charge >= 0.3 is 0 Å². The zero-order valence-corrected chi connectivity index (χ0v) is 13.7. The number of para-hydroxylation sites is 1. The van der Waals surface area contributed by atoms with Crippen molar-refractivity contribution in [1.29, 1.82) is 0 Å². The first kappa shape index (κ1) is 15.4. The average Bonchev–Trinajstić information content (AvgIpc) is 3.12. The number of aromatic amines is 1. The minimum atomic E-state index is -0.0933. The second-order valence-corrected chi connectivity index (χ2v) is 6.07. The summed E-state index contributed by atoms with van der Waals surface area (Å²) in [6.07, 6.45) is 0. The summed E-state index contributed by atoms with van der Waals surface area (Å²) in [5, 5.41) is 7.90. The van der Waals surface area contributed by atoms with Crippen LogP contribution in [0.25, 0.3) is 10.9 Å². The van der Waals surface area contributed by atoms with Gasteiger partial charge in [-0.25, -0.2) is 0 Å². The molecule has 4 rings (SSSR count). The Labute approximate surface area is 145 Å². The number of rotatable bonds is 2. The molecule has 0 atom stereocenters. The third kappa shape index (κ3) is 2.87. The molecule has 0 aliphatic carbocycles. The second kappa shape index (κ2) is 6.39. The Morgan fingerprint density at radius 1 is 0.800 bits per heavy atom. The fraction of sp³-hybridized carbons (Fsp3) is 0.211. The van der Waals surface area contributed by atoms with Crippen LogP contribution in [0.4, 0.5) is 0 Å². The maximum atomic E-state index is 12.8. The number of nitrogens with zero attached hydrogens (tertiary/aromatic N) is 3. The molecule has 0 bridgehead atoms. The normalized spacial score (nSPS) is 14.7. The van der Waals surface area contributed by atoms with E-state index in [0.29, 0.717) is 37.4 Å². The van der Waals surface area contributed by atoms with E-state index in [2.05, 4.69) is 10.2 Å². The van der Waals surface area contributed by atoms with Crippen molar-refractivity contribution < 1.29 is 9.59 Å². The molecule has 1 saturated heterocycles. The molecule has 1 fully saturated rings. The van der Waals surface area contributed by atoms with Crippen LogP contribution < -0.4 is 0 Å². The number of nitrogens with one attached hydrogen (secondary N) is 1. The molecular weight excluding hydrogens is 316 g/mol. The fourth-order valence-electron chi connectivity index (χ4n) is 3.15. The molecule has 0 unspecified atom stereocenters. The standard InChI is InChI=1S/C19H18N4O2/c24-18(14-6-2-1-3-7-14)22-10-12-23(13-11-22)19(25)17-15-8-4-5-9-16(15)20-21-17/h1-9H,10-13H2,(H,20,21). The van der Waals surface area contributed by atoms with E-state index in [9.17, 15) is 9.59 Å². The molecule has 0 radical (unpaired) electrons. The van der Waals surface area contributed by atoms with Gasteiger partial charge in [0.2, 0.25) is 0 Å². The highest BCUT2D eigenvalue weighted by atomic mass is 16.2. The molecule has 126 valence electrons. The largest absolute Gasteiger partial charge is 0.335 e. The minimum Gasteiger partial charge on any atom is -0.335 e. The number of aromatic nitrogens is 2. The van der Waals surface area contributed by atoms with Crippen LogP contribution in [0, 0.1) is 0 Å². The molecule has 1 aliphatic rings. The average molecular weight is 334 g/mol. The Kier molecular flexibility index (Phi) is 3.93. The van der Waals surface area contributed by atoms with E-state index in [0.717, 1.165) is 10.9 Å². The first-order valence-electron chi connectivity index (χ1n) is 8.31. The number of piperazine rings is 1. The number of H-pyrrole nitrogens is 1. The van der Waals surface area contributed by atoms with Gasteiger partial charge in [0.1, 0.15) is 0 Å². The van der Waals surface area contributed by atoms with Crippen LogP contribution in [0.3, 0.4) is 0 Å². The van der Waals surface area contributed by atoms with E-state index < -0.39 is 0 Å². The Morgan fingerprint density at radius 2 is 1.40 bits per heavy atom. The number of fused-ring (bicyclic) bond motifs is 1. The summed E-state index contributed by atoms with van der Waals surface area (Å²) >= 11 is 0. The molecule has 1 aromatic heterocycles. The summed E-state index contributed by atoms with van der Waals surface area (Å²) in [5.41, 5.74) is 1.97. The Hall–Kier alpha value is -3.15. The van der Waals surface area contributed by atoms with E-state index >= 15 is 0 Å². The van der Waals surface area contributed by atoms with Crippen molar-refractivity contribution in [1.82, 2.24) is 20.0 Å². The number of carbonyl (C=O) groups is 2. The lowest BCUT2D eigenvalue weighted by atomic mass is 10.1. The lowest BCUT2D eigenvalue weighted by Crippen LogP contribution is -2.50. The Bertz CT molecular complexity index is 911. The van der Waals surface area contributed by atoms with Crippen LogP contribution in [0.15, 0.2) is 54.6 Å². The minimum absolute atomic E-state index is 0.0120. The molecule has 6 heteroatoms. The van der Waals surface area contributed by atoms with E-state index in [1.54, 1.807) is 9.80 Å². The van der Waals surface area contributed by atoms with Gasteiger partial charge < -0.3 is 9.80 Å². The van der Waals surface area contributed by atoms with Crippen molar-refractivity contribution in [3.63, 3.8) is 0 Å². The summed E-state index contributed by atoms with van der Waals surface area (Å²) in [7, 11) is 0. The molecule has 6 nitrogen and oxygen atoms in total. The molecule has 0 spiro atoms. The van der Waals surface area contributed by atoms with Gasteiger partial charge in [-0.3, -0.25) is 14.7 Å². The number of benzene rings is 2. The molecule has 2 heterocycles. The molecule has 2 aromatic carbocycles. The first-order valence-corrected chi connectivity index (χ1v) is 8.31. The van der Waals surface area contributed by atoms with Gasteiger partial charge in [0.05, 0.1) is 5.52 Å². The van der Waals surface area contributed by atoms with E-state index in [-0.39, 0.29) is 11.8 Å². The molecule has 1 N–H and O–H groups in total. The smallest absolute Gasteiger partial charge is 0.275 e. The summed E-state index contributed by atoms with van der Waals surface area (Å²) in [6.45, 7) is 2.08. The van der Waals surface area contributed by atoms with E-state index in [1.807, 2.05) is 54.6 Å². The summed E-state index contributed by atoms with van der Waals surface area (Å²) in [5.74, 6) is -0.0813. The zero-order valence-electron chi connectivity index (χ0n) is 13.7. The maximum Gasteiger partial charge on any atom is 0.275 e. The van der Waals surface area contributed by atoms with Crippen molar-refractivity contribution in [3.8, 4) is 0 Å². The van der Waals surface area contributed by atoms with Gasteiger partial charge in [-0.1, -0.05) is 36.4 Å². The van der Waals surface area contributed by atoms with Crippen molar-refractivity contribution in [2.24, 2.45) is 0 Å². The Morgan fingerprint density at radius 3 is 2.12 bits per heavy atom. The zero-order chi connectivity index (χ0) is 17.2.